The van der Waals surface area contributed by atoms with Crippen LogP contribution in [0.15, 0.2) is 53.4 Å². The fraction of sp³-hybridized carbons (Fsp3) is 0.133. The number of carbonyl (C=O) groups is 1. The molecule has 0 unspecified atom stereocenters. The summed E-state index contributed by atoms with van der Waals surface area (Å²) in [5.74, 6) is -1.90. The highest BCUT2D eigenvalue weighted by molar-refractivity contribution is 7.92. The average Bonchev–Trinajstić information content (AvgIpc) is 2.38. The molecule has 0 aliphatic rings. The van der Waals surface area contributed by atoms with Crippen LogP contribution >= 0.6 is 0 Å². The molecule has 2 rings (SSSR count). The number of aryl methyl sites for hydroxylation is 1. The summed E-state index contributed by atoms with van der Waals surface area (Å²) in [7, 11) is -3.71. The van der Waals surface area contributed by atoms with Gasteiger partial charge in [-0.25, -0.2) is 12.8 Å². The van der Waals surface area contributed by atoms with Crippen LogP contribution in [-0.4, -0.2) is 20.1 Å². The maximum Gasteiger partial charge on any atom is 0.239 e. The molecule has 0 aromatic heterocycles. The Morgan fingerprint density at radius 2 is 1.81 bits per heavy atom. The second-order valence-electron chi connectivity index (χ2n) is 4.63. The van der Waals surface area contributed by atoms with Gasteiger partial charge < -0.3 is 5.32 Å². The Kier molecular flexibility index (Phi) is 4.37. The zero-order valence-corrected chi connectivity index (χ0v) is 12.2. The highest BCUT2D eigenvalue weighted by Crippen LogP contribution is 2.14. The van der Waals surface area contributed by atoms with Crippen LogP contribution in [0.25, 0.3) is 0 Å². The highest BCUT2D eigenvalue weighted by atomic mass is 32.2. The Bertz CT molecular complexity index is 755. The van der Waals surface area contributed by atoms with Crippen molar-refractivity contribution in [3.8, 4) is 0 Å². The number of anilines is 1. The Hall–Kier alpha value is -2.21. The van der Waals surface area contributed by atoms with Crippen molar-refractivity contribution >= 4 is 21.4 Å². The summed E-state index contributed by atoms with van der Waals surface area (Å²) in [5.41, 5.74) is 1.15. The van der Waals surface area contributed by atoms with Gasteiger partial charge in [-0.1, -0.05) is 23.8 Å². The van der Waals surface area contributed by atoms with Gasteiger partial charge in [0, 0.05) is 5.69 Å². The molecule has 0 atom stereocenters. The molecule has 0 fully saturated rings. The van der Waals surface area contributed by atoms with E-state index in [4.69, 9.17) is 0 Å². The van der Waals surface area contributed by atoms with Gasteiger partial charge in [0.1, 0.15) is 11.6 Å². The molecule has 0 bridgehead atoms. The molecule has 0 aliphatic heterocycles. The minimum absolute atomic E-state index is 0.0856. The van der Waals surface area contributed by atoms with E-state index in [9.17, 15) is 17.6 Å². The predicted molar refractivity (Wildman–Crippen MR) is 78.3 cm³/mol. The Morgan fingerprint density at radius 3 is 2.43 bits per heavy atom. The van der Waals surface area contributed by atoms with E-state index in [0.717, 1.165) is 11.6 Å². The number of carbonyl (C=O) groups excluding carboxylic acids is 1. The van der Waals surface area contributed by atoms with Gasteiger partial charge in [0.25, 0.3) is 0 Å². The first kappa shape index (κ1) is 15.2. The van der Waals surface area contributed by atoms with E-state index in [-0.39, 0.29) is 10.6 Å². The second-order valence-corrected chi connectivity index (χ2v) is 6.62. The molecule has 0 radical (unpaired) electrons. The minimum Gasteiger partial charge on any atom is -0.325 e. The molecule has 0 saturated heterocycles. The minimum atomic E-state index is -3.71. The lowest BCUT2D eigenvalue weighted by atomic mass is 10.2. The molecule has 0 saturated carbocycles. The SMILES string of the molecule is Cc1ccc(S(=O)(=O)CC(=O)Nc2cccc(F)c2)cc1. The van der Waals surface area contributed by atoms with Crippen molar-refractivity contribution in [3.63, 3.8) is 0 Å². The van der Waals surface area contributed by atoms with Crippen LogP contribution in [0, 0.1) is 12.7 Å². The van der Waals surface area contributed by atoms with Crippen molar-refractivity contribution in [2.75, 3.05) is 11.1 Å². The summed E-state index contributed by atoms with van der Waals surface area (Å²) >= 11 is 0. The Balaban J connectivity index is 2.09. The van der Waals surface area contributed by atoms with E-state index in [1.807, 2.05) is 6.92 Å². The standard InChI is InChI=1S/C15H14FNO3S/c1-11-5-7-14(8-6-11)21(19,20)10-15(18)17-13-4-2-3-12(16)9-13/h2-9H,10H2,1H3,(H,17,18). The predicted octanol–water partition coefficient (Wildman–Crippen LogP) is 2.55. The van der Waals surface area contributed by atoms with Crippen molar-refractivity contribution in [2.24, 2.45) is 0 Å². The summed E-state index contributed by atoms with van der Waals surface area (Å²) in [5, 5.41) is 2.36. The van der Waals surface area contributed by atoms with Gasteiger partial charge in [-0.05, 0) is 37.3 Å². The van der Waals surface area contributed by atoms with Crippen LogP contribution in [0.2, 0.25) is 0 Å². The van der Waals surface area contributed by atoms with E-state index in [1.54, 1.807) is 12.1 Å². The lowest BCUT2D eigenvalue weighted by molar-refractivity contribution is -0.113. The fourth-order valence-electron chi connectivity index (χ4n) is 1.76. The molecule has 2 aromatic carbocycles. The molecule has 0 aliphatic carbocycles. The number of amides is 1. The maximum atomic E-state index is 13.0. The molecule has 1 N–H and O–H groups in total. The number of benzene rings is 2. The molecule has 4 nitrogen and oxygen atoms in total. The third-order valence-electron chi connectivity index (χ3n) is 2.81. The highest BCUT2D eigenvalue weighted by Gasteiger charge is 2.19. The van der Waals surface area contributed by atoms with Crippen LogP contribution in [0.4, 0.5) is 10.1 Å². The van der Waals surface area contributed by atoms with E-state index in [1.165, 1.54) is 30.3 Å². The summed E-state index contributed by atoms with van der Waals surface area (Å²) in [6.07, 6.45) is 0. The van der Waals surface area contributed by atoms with Gasteiger partial charge >= 0.3 is 0 Å². The largest absolute Gasteiger partial charge is 0.325 e. The maximum absolute atomic E-state index is 13.0. The summed E-state index contributed by atoms with van der Waals surface area (Å²) in [6, 6.07) is 11.5. The third kappa shape index (κ3) is 4.13. The summed E-state index contributed by atoms with van der Waals surface area (Å²) in [4.78, 5) is 11.9. The van der Waals surface area contributed by atoms with Gasteiger partial charge in [0.2, 0.25) is 5.91 Å². The number of nitrogens with one attached hydrogen (secondary N) is 1. The molecule has 1 amide bonds. The first-order chi connectivity index (χ1) is 9.87. The topological polar surface area (TPSA) is 63.2 Å². The van der Waals surface area contributed by atoms with Crippen LogP contribution in [0.5, 0.6) is 0 Å². The van der Waals surface area contributed by atoms with E-state index in [0.29, 0.717) is 0 Å². The lowest BCUT2D eigenvalue weighted by Gasteiger charge is -2.07. The smallest absolute Gasteiger partial charge is 0.239 e. The van der Waals surface area contributed by atoms with Crippen LogP contribution in [0.3, 0.4) is 0 Å². The summed E-state index contributed by atoms with van der Waals surface area (Å²) in [6.45, 7) is 1.84. The Morgan fingerprint density at radius 1 is 1.14 bits per heavy atom. The number of sulfone groups is 1. The second kappa shape index (κ2) is 6.05. The number of rotatable bonds is 4. The Labute approximate surface area is 122 Å². The van der Waals surface area contributed by atoms with Crippen molar-refractivity contribution in [1.82, 2.24) is 0 Å². The van der Waals surface area contributed by atoms with Crippen LogP contribution < -0.4 is 5.32 Å². The van der Waals surface area contributed by atoms with Gasteiger partial charge in [-0.2, -0.15) is 0 Å². The molecule has 2 aromatic rings. The number of hydrogen-bond acceptors (Lipinski definition) is 3. The monoisotopic (exact) mass is 307 g/mol. The van der Waals surface area contributed by atoms with Crippen molar-refractivity contribution < 1.29 is 17.6 Å². The molecule has 0 heterocycles. The normalized spacial score (nSPS) is 11.1. The zero-order chi connectivity index (χ0) is 15.5. The molecular weight excluding hydrogens is 293 g/mol. The van der Waals surface area contributed by atoms with Gasteiger partial charge in [-0.15, -0.1) is 0 Å². The van der Waals surface area contributed by atoms with Crippen LogP contribution in [0.1, 0.15) is 5.56 Å². The lowest BCUT2D eigenvalue weighted by Crippen LogP contribution is -2.23. The first-order valence-electron chi connectivity index (χ1n) is 6.22. The first-order valence-corrected chi connectivity index (χ1v) is 7.87. The number of halogens is 1. The van der Waals surface area contributed by atoms with E-state index < -0.39 is 27.3 Å². The quantitative estimate of drug-likeness (QED) is 0.944. The molecule has 110 valence electrons. The van der Waals surface area contributed by atoms with E-state index >= 15 is 0 Å². The average molecular weight is 307 g/mol. The van der Waals surface area contributed by atoms with Crippen molar-refractivity contribution in [2.45, 2.75) is 11.8 Å². The number of hydrogen-bond donors (Lipinski definition) is 1. The zero-order valence-electron chi connectivity index (χ0n) is 11.3. The molecule has 0 spiro atoms. The van der Waals surface area contributed by atoms with Gasteiger partial charge in [0.15, 0.2) is 9.84 Å². The molecule has 21 heavy (non-hydrogen) atoms. The third-order valence-corrected chi connectivity index (χ3v) is 4.44. The van der Waals surface area contributed by atoms with Crippen molar-refractivity contribution in [3.05, 3.63) is 59.9 Å². The summed E-state index contributed by atoms with van der Waals surface area (Å²) < 4.78 is 37.1. The fourth-order valence-corrected chi connectivity index (χ4v) is 2.90. The molecular formula is C15H14FNO3S. The van der Waals surface area contributed by atoms with Crippen LogP contribution in [-0.2, 0) is 14.6 Å². The molecule has 6 heteroatoms. The van der Waals surface area contributed by atoms with Gasteiger partial charge in [-0.3, -0.25) is 4.79 Å². The van der Waals surface area contributed by atoms with Gasteiger partial charge in [0.05, 0.1) is 4.90 Å². The van der Waals surface area contributed by atoms with E-state index in [2.05, 4.69) is 5.32 Å². The van der Waals surface area contributed by atoms with Crippen molar-refractivity contribution in [1.29, 1.82) is 0 Å².